The van der Waals surface area contributed by atoms with Crippen LogP contribution in [0.4, 0.5) is 4.79 Å². The molecule has 0 bridgehead atoms. The van der Waals surface area contributed by atoms with Crippen LogP contribution in [-0.4, -0.2) is 40.6 Å². The Morgan fingerprint density at radius 2 is 2.22 bits per heavy atom. The first kappa shape index (κ1) is 14.3. The summed E-state index contributed by atoms with van der Waals surface area (Å²) >= 11 is 0. The lowest BCUT2D eigenvalue weighted by Gasteiger charge is -2.24. The molecule has 1 saturated carbocycles. The van der Waals surface area contributed by atoms with Crippen molar-refractivity contribution in [3.8, 4) is 6.07 Å². The molecule has 0 spiro atoms. The molecule has 0 aromatic carbocycles. The van der Waals surface area contributed by atoms with Crippen molar-refractivity contribution < 1.29 is 14.7 Å². The molecule has 0 aliphatic heterocycles. The second-order valence-electron chi connectivity index (χ2n) is 4.46. The topological polar surface area (TPSA) is 93.4 Å². The van der Waals surface area contributed by atoms with Crippen LogP contribution < -0.4 is 5.32 Å². The molecular weight excluding hydrogens is 234 g/mol. The Bertz CT molecular complexity index is 347. The number of urea groups is 1. The average molecular weight is 253 g/mol. The van der Waals surface area contributed by atoms with Crippen molar-refractivity contribution in [1.82, 2.24) is 10.2 Å². The highest BCUT2D eigenvalue weighted by Crippen LogP contribution is 2.27. The molecule has 6 nitrogen and oxygen atoms in total. The SMILES string of the molecule is CCC[C@@H](NC(=O)N(CCC#N)C1CC1)C(=O)O. The first-order valence-electron chi connectivity index (χ1n) is 6.27. The number of hydrogen-bond donors (Lipinski definition) is 2. The number of nitriles is 1. The summed E-state index contributed by atoms with van der Waals surface area (Å²) in [6, 6.07) is 0.965. The maximum Gasteiger partial charge on any atom is 0.326 e. The molecular formula is C12H19N3O3. The monoisotopic (exact) mass is 253 g/mol. The number of nitrogens with one attached hydrogen (secondary N) is 1. The number of aliphatic carboxylic acids is 1. The number of hydrogen-bond acceptors (Lipinski definition) is 3. The van der Waals surface area contributed by atoms with Crippen LogP contribution in [0.2, 0.25) is 0 Å². The lowest BCUT2D eigenvalue weighted by atomic mass is 10.2. The summed E-state index contributed by atoms with van der Waals surface area (Å²) in [5.41, 5.74) is 0. The van der Waals surface area contributed by atoms with Gasteiger partial charge in [-0.05, 0) is 19.3 Å². The second-order valence-corrected chi connectivity index (χ2v) is 4.46. The van der Waals surface area contributed by atoms with Gasteiger partial charge in [0, 0.05) is 12.6 Å². The number of carbonyl (C=O) groups is 2. The largest absolute Gasteiger partial charge is 0.480 e. The van der Waals surface area contributed by atoms with E-state index in [0.29, 0.717) is 19.4 Å². The van der Waals surface area contributed by atoms with Gasteiger partial charge in [-0.1, -0.05) is 13.3 Å². The Balaban J connectivity index is 2.54. The van der Waals surface area contributed by atoms with Crippen molar-refractivity contribution in [2.45, 2.75) is 51.1 Å². The van der Waals surface area contributed by atoms with Gasteiger partial charge < -0.3 is 15.3 Å². The van der Waals surface area contributed by atoms with E-state index in [0.717, 1.165) is 12.8 Å². The Morgan fingerprint density at radius 1 is 1.56 bits per heavy atom. The van der Waals surface area contributed by atoms with Gasteiger partial charge in [-0.15, -0.1) is 0 Å². The van der Waals surface area contributed by atoms with Crippen LogP contribution in [-0.2, 0) is 4.79 Å². The third-order valence-corrected chi connectivity index (χ3v) is 2.89. The predicted molar refractivity (Wildman–Crippen MR) is 64.8 cm³/mol. The molecule has 18 heavy (non-hydrogen) atoms. The zero-order valence-electron chi connectivity index (χ0n) is 10.6. The molecule has 6 heteroatoms. The molecule has 0 heterocycles. The predicted octanol–water partition coefficient (Wildman–Crippen LogP) is 1.33. The van der Waals surface area contributed by atoms with Gasteiger partial charge in [-0.2, -0.15) is 5.26 Å². The molecule has 1 atom stereocenters. The molecule has 1 fully saturated rings. The Kier molecular flexibility index (Phi) is 5.43. The number of rotatable bonds is 7. The summed E-state index contributed by atoms with van der Waals surface area (Å²) in [5, 5.41) is 20.1. The Morgan fingerprint density at radius 3 is 2.67 bits per heavy atom. The van der Waals surface area contributed by atoms with Crippen LogP contribution in [0, 0.1) is 11.3 Å². The van der Waals surface area contributed by atoms with Gasteiger partial charge in [0.2, 0.25) is 0 Å². The molecule has 0 radical (unpaired) electrons. The van der Waals surface area contributed by atoms with Crippen LogP contribution in [0.15, 0.2) is 0 Å². The molecule has 0 saturated heterocycles. The van der Waals surface area contributed by atoms with Gasteiger partial charge in [0.1, 0.15) is 6.04 Å². The van der Waals surface area contributed by atoms with E-state index >= 15 is 0 Å². The third kappa shape index (κ3) is 4.24. The second kappa shape index (κ2) is 6.84. The van der Waals surface area contributed by atoms with Gasteiger partial charge in [-0.25, -0.2) is 9.59 Å². The molecule has 1 aliphatic carbocycles. The van der Waals surface area contributed by atoms with Crippen molar-refractivity contribution >= 4 is 12.0 Å². The smallest absolute Gasteiger partial charge is 0.326 e. The zero-order valence-corrected chi connectivity index (χ0v) is 10.6. The maximum atomic E-state index is 12.0. The van der Waals surface area contributed by atoms with E-state index in [1.807, 2.05) is 13.0 Å². The number of carboxylic acids is 1. The molecule has 1 aliphatic rings. The first-order chi connectivity index (χ1) is 8.60. The standard InChI is InChI=1S/C12H19N3O3/c1-2-4-10(11(16)17)14-12(18)15(8-3-7-13)9-5-6-9/h9-10H,2-6,8H2,1H3,(H,14,18)(H,16,17)/t10-/m1/s1. The van der Waals surface area contributed by atoms with Crippen LogP contribution >= 0.6 is 0 Å². The lowest BCUT2D eigenvalue weighted by Crippen LogP contribution is -2.49. The fraction of sp³-hybridized carbons (Fsp3) is 0.750. The molecule has 1 rings (SSSR count). The first-order valence-corrected chi connectivity index (χ1v) is 6.27. The maximum absolute atomic E-state index is 12.0. The van der Waals surface area contributed by atoms with Gasteiger partial charge in [-0.3, -0.25) is 0 Å². The molecule has 100 valence electrons. The van der Waals surface area contributed by atoms with Gasteiger partial charge in [0.15, 0.2) is 0 Å². The molecule has 0 unspecified atom stereocenters. The summed E-state index contributed by atoms with van der Waals surface area (Å²) < 4.78 is 0. The summed E-state index contributed by atoms with van der Waals surface area (Å²) in [6.07, 6.45) is 3.25. The summed E-state index contributed by atoms with van der Waals surface area (Å²) in [5.74, 6) is -1.01. The third-order valence-electron chi connectivity index (χ3n) is 2.89. The minimum atomic E-state index is -1.01. The minimum absolute atomic E-state index is 0.175. The average Bonchev–Trinajstić information content (AvgIpc) is 3.13. The van der Waals surface area contributed by atoms with Crippen molar-refractivity contribution in [2.75, 3.05) is 6.54 Å². The highest BCUT2D eigenvalue weighted by Gasteiger charge is 2.33. The number of carboxylic acid groups (broad SMARTS) is 1. The quantitative estimate of drug-likeness (QED) is 0.715. The van der Waals surface area contributed by atoms with Crippen LogP contribution in [0.5, 0.6) is 0 Å². The highest BCUT2D eigenvalue weighted by atomic mass is 16.4. The molecule has 2 N–H and O–H groups in total. The lowest BCUT2D eigenvalue weighted by molar-refractivity contribution is -0.139. The number of amides is 2. The van der Waals surface area contributed by atoms with Gasteiger partial charge in [0.25, 0.3) is 0 Å². The molecule has 0 aromatic heterocycles. The van der Waals surface area contributed by atoms with Crippen LogP contribution in [0.3, 0.4) is 0 Å². The Labute approximate surface area is 107 Å². The van der Waals surface area contributed by atoms with E-state index in [1.165, 1.54) is 0 Å². The summed E-state index contributed by atoms with van der Waals surface area (Å²) in [4.78, 5) is 24.5. The molecule has 0 aromatic rings. The van der Waals surface area contributed by atoms with Crippen molar-refractivity contribution in [3.05, 3.63) is 0 Å². The van der Waals surface area contributed by atoms with Crippen molar-refractivity contribution in [3.63, 3.8) is 0 Å². The van der Waals surface area contributed by atoms with Gasteiger partial charge in [0.05, 0.1) is 12.5 Å². The summed E-state index contributed by atoms with van der Waals surface area (Å²) in [6.45, 7) is 2.24. The fourth-order valence-electron chi connectivity index (χ4n) is 1.78. The highest BCUT2D eigenvalue weighted by molar-refractivity contribution is 5.82. The van der Waals surface area contributed by atoms with E-state index < -0.39 is 12.0 Å². The van der Waals surface area contributed by atoms with E-state index in [2.05, 4.69) is 5.32 Å². The Hall–Kier alpha value is -1.77. The summed E-state index contributed by atoms with van der Waals surface area (Å²) in [7, 11) is 0. The number of nitrogens with zero attached hydrogens (tertiary/aromatic N) is 2. The van der Waals surface area contributed by atoms with E-state index in [4.69, 9.17) is 10.4 Å². The number of carbonyl (C=O) groups excluding carboxylic acids is 1. The van der Waals surface area contributed by atoms with Crippen LogP contribution in [0.1, 0.15) is 39.0 Å². The van der Waals surface area contributed by atoms with E-state index in [1.54, 1.807) is 4.90 Å². The van der Waals surface area contributed by atoms with Gasteiger partial charge >= 0.3 is 12.0 Å². The minimum Gasteiger partial charge on any atom is -0.480 e. The van der Waals surface area contributed by atoms with E-state index in [-0.39, 0.29) is 18.5 Å². The van der Waals surface area contributed by atoms with Crippen LogP contribution in [0.25, 0.3) is 0 Å². The molecule has 2 amide bonds. The van der Waals surface area contributed by atoms with Crippen molar-refractivity contribution in [1.29, 1.82) is 5.26 Å². The van der Waals surface area contributed by atoms with E-state index in [9.17, 15) is 9.59 Å². The zero-order chi connectivity index (χ0) is 13.5. The fourth-order valence-corrected chi connectivity index (χ4v) is 1.78. The van der Waals surface area contributed by atoms with Crippen molar-refractivity contribution in [2.24, 2.45) is 0 Å². The normalized spacial score (nSPS) is 15.6.